The lowest BCUT2D eigenvalue weighted by Crippen LogP contribution is -2.48. The molecular weight excluding hydrogens is 444 g/mol. The fourth-order valence-corrected chi connectivity index (χ4v) is 5.77. The Hall–Kier alpha value is -2.95. The molecule has 0 aliphatic carbocycles. The van der Waals surface area contributed by atoms with Gasteiger partial charge in [-0.3, -0.25) is 4.90 Å². The van der Waals surface area contributed by atoms with E-state index in [-0.39, 0.29) is 11.7 Å². The van der Waals surface area contributed by atoms with E-state index in [4.69, 9.17) is 14.0 Å². The second-order valence-electron chi connectivity index (χ2n) is 8.21. The van der Waals surface area contributed by atoms with Crippen molar-refractivity contribution in [3.63, 3.8) is 0 Å². The molecule has 1 saturated heterocycles. The van der Waals surface area contributed by atoms with Crippen LogP contribution in [0.4, 0.5) is 0 Å². The van der Waals surface area contributed by atoms with Gasteiger partial charge in [0.2, 0.25) is 28.5 Å². The number of hydrogen-bond donors (Lipinski definition) is 0. The van der Waals surface area contributed by atoms with Crippen molar-refractivity contribution in [1.29, 1.82) is 0 Å². The molecule has 2 aromatic carbocycles. The molecule has 1 aromatic heterocycles. The van der Waals surface area contributed by atoms with Crippen molar-refractivity contribution >= 4 is 10.0 Å². The van der Waals surface area contributed by atoms with Crippen LogP contribution in [0.1, 0.15) is 23.9 Å². The Kier molecular flexibility index (Phi) is 5.81. The van der Waals surface area contributed by atoms with Crippen LogP contribution in [0.5, 0.6) is 11.5 Å². The van der Waals surface area contributed by atoms with E-state index in [0.717, 1.165) is 23.6 Å². The van der Waals surface area contributed by atoms with Gasteiger partial charge in [-0.05, 0) is 36.2 Å². The smallest absolute Gasteiger partial charge is 0.243 e. The SMILES string of the molecule is CCc1nc(-c2ccc(C)c(S(=O)(=O)N3CCN(Cc4ccc5c(c4)OCO5)CC3)c2)no1. The van der Waals surface area contributed by atoms with Gasteiger partial charge in [0.15, 0.2) is 11.5 Å². The van der Waals surface area contributed by atoms with Crippen LogP contribution >= 0.6 is 0 Å². The van der Waals surface area contributed by atoms with Gasteiger partial charge in [0.05, 0.1) is 4.90 Å². The van der Waals surface area contributed by atoms with Gasteiger partial charge in [0.1, 0.15) is 0 Å². The van der Waals surface area contributed by atoms with Gasteiger partial charge in [-0.25, -0.2) is 8.42 Å². The largest absolute Gasteiger partial charge is 0.454 e. The minimum atomic E-state index is -3.64. The number of benzene rings is 2. The van der Waals surface area contributed by atoms with Crippen molar-refractivity contribution in [2.75, 3.05) is 33.0 Å². The summed E-state index contributed by atoms with van der Waals surface area (Å²) in [5.74, 6) is 2.45. The van der Waals surface area contributed by atoms with Crippen molar-refractivity contribution < 1.29 is 22.4 Å². The van der Waals surface area contributed by atoms with E-state index in [1.54, 1.807) is 23.4 Å². The monoisotopic (exact) mass is 470 g/mol. The Balaban J connectivity index is 1.28. The third-order valence-corrected chi connectivity index (χ3v) is 8.05. The maximum atomic E-state index is 13.5. The molecule has 0 spiro atoms. The molecule has 9 nitrogen and oxygen atoms in total. The Morgan fingerprint density at radius 2 is 1.79 bits per heavy atom. The van der Waals surface area contributed by atoms with Gasteiger partial charge in [-0.15, -0.1) is 0 Å². The Bertz CT molecular complexity index is 1270. The first kappa shape index (κ1) is 21.9. The Morgan fingerprint density at radius 1 is 1.00 bits per heavy atom. The molecule has 2 aliphatic heterocycles. The van der Waals surface area contributed by atoms with E-state index in [2.05, 4.69) is 15.0 Å². The number of nitrogens with zero attached hydrogens (tertiary/aromatic N) is 4. The first-order chi connectivity index (χ1) is 15.9. The van der Waals surface area contributed by atoms with Crippen molar-refractivity contribution in [3.8, 4) is 22.9 Å². The second kappa shape index (κ2) is 8.77. The zero-order valence-corrected chi connectivity index (χ0v) is 19.5. The summed E-state index contributed by atoms with van der Waals surface area (Å²) in [7, 11) is -3.64. The first-order valence-corrected chi connectivity index (χ1v) is 12.4. The third kappa shape index (κ3) is 4.33. The molecule has 0 amide bonds. The predicted octanol–water partition coefficient (Wildman–Crippen LogP) is 2.84. The zero-order chi connectivity index (χ0) is 23.0. The number of ether oxygens (including phenoxy) is 2. The summed E-state index contributed by atoms with van der Waals surface area (Å²) in [5, 5.41) is 3.98. The third-order valence-electron chi connectivity index (χ3n) is 6.01. The normalized spacial score (nSPS) is 16.9. The van der Waals surface area contributed by atoms with Crippen LogP contribution in [0.2, 0.25) is 0 Å². The Labute approximate surface area is 193 Å². The maximum absolute atomic E-state index is 13.5. The number of aromatic nitrogens is 2. The zero-order valence-electron chi connectivity index (χ0n) is 18.7. The van der Waals surface area contributed by atoms with Crippen molar-refractivity contribution in [2.24, 2.45) is 0 Å². The lowest BCUT2D eigenvalue weighted by molar-refractivity contribution is 0.173. The topological polar surface area (TPSA) is 98.0 Å². The van der Waals surface area contributed by atoms with Crippen LogP contribution in [0.3, 0.4) is 0 Å². The summed E-state index contributed by atoms with van der Waals surface area (Å²) in [6.07, 6.45) is 0.626. The highest BCUT2D eigenvalue weighted by Crippen LogP contribution is 2.33. The maximum Gasteiger partial charge on any atom is 0.243 e. The number of hydrogen-bond acceptors (Lipinski definition) is 8. The fraction of sp³-hybridized carbons (Fsp3) is 0.391. The first-order valence-electron chi connectivity index (χ1n) is 11.0. The van der Waals surface area contributed by atoms with E-state index in [9.17, 15) is 8.42 Å². The average Bonchev–Trinajstić information content (AvgIpc) is 3.49. The molecule has 174 valence electrons. The molecule has 0 unspecified atom stereocenters. The number of aryl methyl sites for hydroxylation is 2. The van der Waals surface area contributed by atoms with Gasteiger partial charge in [0, 0.05) is 44.7 Å². The van der Waals surface area contributed by atoms with Crippen LogP contribution < -0.4 is 9.47 Å². The summed E-state index contributed by atoms with van der Waals surface area (Å²) in [6.45, 7) is 6.87. The predicted molar refractivity (Wildman–Crippen MR) is 120 cm³/mol. The summed E-state index contributed by atoms with van der Waals surface area (Å²) < 4.78 is 44.5. The Morgan fingerprint density at radius 3 is 2.55 bits per heavy atom. The fourth-order valence-electron chi connectivity index (χ4n) is 4.10. The van der Waals surface area contributed by atoms with Gasteiger partial charge < -0.3 is 14.0 Å². The van der Waals surface area contributed by atoms with Crippen LogP contribution in [0.25, 0.3) is 11.4 Å². The summed E-state index contributed by atoms with van der Waals surface area (Å²) in [5.41, 5.74) is 2.44. The molecule has 2 aliphatic rings. The minimum Gasteiger partial charge on any atom is -0.454 e. The summed E-state index contributed by atoms with van der Waals surface area (Å²) in [6, 6.07) is 11.2. The molecule has 1 fully saturated rings. The van der Waals surface area contributed by atoms with Gasteiger partial charge >= 0.3 is 0 Å². The minimum absolute atomic E-state index is 0.252. The van der Waals surface area contributed by atoms with Crippen LogP contribution in [-0.2, 0) is 23.0 Å². The van der Waals surface area contributed by atoms with E-state index < -0.39 is 10.0 Å². The van der Waals surface area contributed by atoms with Crippen LogP contribution in [-0.4, -0.2) is 60.7 Å². The molecule has 0 N–H and O–H groups in total. The number of sulfonamides is 1. The van der Waals surface area contributed by atoms with Gasteiger partial charge in [-0.1, -0.05) is 30.3 Å². The molecule has 3 aromatic rings. The lowest BCUT2D eigenvalue weighted by Gasteiger charge is -2.34. The van der Waals surface area contributed by atoms with E-state index in [1.807, 2.05) is 31.2 Å². The van der Waals surface area contributed by atoms with Gasteiger partial charge in [-0.2, -0.15) is 9.29 Å². The highest BCUT2D eigenvalue weighted by molar-refractivity contribution is 7.89. The summed E-state index contributed by atoms with van der Waals surface area (Å²) >= 11 is 0. The van der Waals surface area contributed by atoms with E-state index >= 15 is 0 Å². The highest BCUT2D eigenvalue weighted by Gasteiger charge is 2.30. The molecule has 10 heteroatoms. The molecule has 5 rings (SSSR count). The standard InChI is InChI=1S/C23H26N4O5S/c1-3-22-24-23(25-32-22)18-6-4-16(2)21(13-18)33(28,29)27-10-8-26(9-11-27)14-17-5-7-19-20(12-17)31-15-30-19/h4-7,12-13H,3,8-11,14-15H2,1-2H3. The van der Waals surface area contributed by atoms with E-state index in [0.29, 0.717) is 55.4 Å². The molecule has 0 radical (unpaired) electrons. The molecule has 3 heterocycles. The average molecular weight is 471 g/mol. The van der Waals surface area contributed by atoms with Crippen molar-refractivity contribution in [3.05, 3.63) is 53.4 Å². The molecule has 0 atom stereocenters. The van der Waals surface area contributed by atoms with Crippen LogP contribution in [0, 0.1) is 6.92 Å². The quantitative estimate of drug-likeness (QED) is 0.543. The molecular formula is C23H26N4O5S. The lowest BCUT2D eigenvalue weighted by atomic mass is 10.1. The van der Waals surface area contributed by atoms with Gasteiger partial charge in [0.25, 0.3) is 0 Å². The second-order valence-corrected chi connectivity index (χ2v) is 10.1. The number of fused-ring (bicyclic) bond motifs is 1. The molecule has 0 saturated carbocycles. The number of piperazine rings is 1. The highest BCUT2D eigenvalue weighted by atomic mass is 32.2. The van der Waals surface area contributed by atoms with E-state index in [1.165, 1.54) is 0 Å². The molecule has 33 heavy (non-hydrogen) atoms. The molecule has 0 bridgehead atoms. The van der Waals surface area contributed by atoms with Crippen LogP contribution in [0.15, 0.2) is 45.8 Å². The van der Waals surface area contributed by atoms with Crippen molar-refractivity contribution in [2.45, 2.75) is 31.7 Å². The number of rotatable bonds is 6. The van der Waals surface area contributed by atoms with Crippen molar-refractivity contribution in [1.82, 2.24) is 19.3 Å². The summed E-state index contributed by atoms with van der Waals surface area (Å²) in [4.78, 5) is 6.86.